The predicted octanol–water partition coefficient (Wildman–Crippen LogP) is 2.63. The first-order valence-electron chi connectivity index (χ1n) is 9.26. The maximum atomic E-state index is 12.8. The van der Waals surface area contributed by atoms with Crippen molar-refractivity contribution in [2.45, 2.75) is 18.9 Å². The smallest absolute Gasteiger partial charge is 0.340 e. The molecular weight excluding hydrogens is 376 g/mol. The van der Waals surface area contributed by atoms with E-state index in [1.165, 1.54) is 13.3 Å². The van der Waals surface area contributed by atoms with Crippen molar-refractivity contribution in [3.05, 3.63) is 47.7 Å². The van der Waals surface area contributed by atoms with Crippen molar-refractivity contribution in [1.82, 2.24) is 9.88 Å². The molecule has 2 heterocycles. The molecular formula is C21H24N2O6. The molecule has 1 aromatic carbocycles. The van der Waals surface area contributed by atoms with Crippen molar-refractivity contribution in [3.63, 3.8) is 0 Å². The van der Waals surface area contributed by atoms with Gasteiger partial charge in [0.2, 0.25) is 5.88 Å². The van der Waals surface area contributed by atoms with Gasteiger partial charge in [-0.1, -0.05) is 0 Å². The molecule has 1 aliphatic rings. The summed E-state index contributed by atoms with van der Waals surface area (Å²) < 4.78 is 20.9. The van der Waals surface area contributed by atoms with Crippen LogP contribution in [0.1, 0.15) is 34.8 Å². The average Bonchev–Trinajstić information content (AvgIpc) is 3.26. The van der Waals surface area contributed by atoms with Crippen LogP contribution in [0.15, 0.2) is 36.5 Å². The Hall–Kier alpha value is -3.29. The van der Waals surface area contributed by atoms with Crippen LogP contribution in [0.25, 0.3) is 0 Å². The lowest BCUT2D eigenvalue weighted by atomic mass is 10.0. The first-order valence-corrected chi connectivity index (χ1v) is 9.26. The van der Waals surface area contributed by atoms with Crippen molar-refractivity contribution >= 4 is 11.9 Å². The van der Waals surface area contributed by atoms with E-state index in [-0.39, 0.29) is 24.1 Å². The molecule has 1 saturated heterocycles. The molecule has 29 heavy (non-hydrogen) atoms. The second kappa shape index (κ2) is 9.27. The monoisotopic (exact) mass is 400 g/mol. The Kier molecular flexibility index (Phi) is 6.54. The minimum absolute atomic E-state index is 0.158. The molecule has 0 radical (unpaired) electrons. The molecule has 3 rings (SSSR count). The van der Waals surface area contributed by atoms with Crippen LogP contribution in [0.3, 0.4) is 0 Å². The number of nitrogens with zero attached hydrogens (tertiary/aromatic N) is 2. The fraction of sp³-hybridized carbons (Fsp3) is 0.381. The topological polar surface area (TPSA) is 87.2 Å². The van der Waals surface area contributed by atoms with E-state index in [0.29, 0.717) is 23.9 Å². The van der Waals surface area contributed by atoms with Gasteiger partial charge in [-0.25, -0.2) is 9.78 Å². The number of carbonyl (C=O) groups is 2. The first kappa shape index (κ1) is 20.4. The van der Waals surface area contributed by atoms with Crippen molar-refractivity contribution < 1.29 is 28.5 Å². The van der Waals surface area contributed by atoms with E-state index in [2.05, 4.69) is 4.98 Å². The summed E-state index contributed by atoms with van der Waals surface area (Å²) >= 11 is 0. The molecule has 1 unspecified atom stereocenters. The van der Waals surface area contributed by atoms with Gasteiger partial charge in [0.1, 0.15) is 11.5 Å². The van der Waals surface area contributed by atoms with E-state index in [1.54, 1.807) is 31.3 Å². The predicted molar refractivity (Wildman–Crippen MR) is 104 cm³/mol. The van der Waals surface area contributed by atoms with Gasteiger partial charge in [-0.2, -0.15) is 0 Å². The molecule has 1 aromatic heterocycles. The Morgan fingerprint density at radius 3 is 2.59 bits per heavy atom. The Morgan fingerprint density at radius 2 is 1.93 bits per heavy atom. The SMILES string of the molecule is COc1ccc(OC)c(C2CCCN2C(=O)COC(=O)c2ccc(OC)nc2)c1. The maximum Gasteiger partial charge on any atom is 0.340 e. The Bertz CT molecular complexity index is 868. The average molecular weight is 400 g/mol. The summed E-state index contributed by atoms with van der Waals surface area (Å²) in [6.07, 6.45) is 3.00. The van der Waals surface area contributed by atoms with Crippen LogP contribution in [0, 0.1) is 0 Å². The van der Waals surface area contributed by atoms with Crippen molar-refractivity contribution in [1.29, 1.82) is 0 Å². The lowest BCUT2D eigenvalue weighted by Crippen LogP contribution is -2.34. The van der Waals surface area contributed by atoms with E-state index in [1.807, 2.05) is 18.2 Å². The molecule has 0 N–H and O–H groups in total. The minimum atomic E-state index is -0.608. The van der Waals surface area contributed by atoms with Gasteiger partial charge in [0.15, 0.2) is 6.61 Å². The van der Waals surface area contributed by atoms with Gasteiger partial charge in [0.05, 0.1) is 32.9 Å². The highest BCUT2D eigenvalue weighted by Crippen LogP contribution is 2.38. The molecule has 8 nitrogen and oxygen atoms in total. The number of amides is 1. The third kappa shape index (κ3) is 4.59. The zero-order valence-electron chi connectivity index (χ0n) is 16.7. The molecule has 1 aliphatic heterocycles. The Balaban J connectivity index is 1.68. The van der Waals surface area contributed by atoms with Crippen LogP contribution in [0.4, 0.5) is 0 Å². The van der Waals surface area contributed by atoms with Crippen LogP contribution < -0.4 is 14.2 Å². The van der Waals surface area contributed by atoms with Crippen LogP contribution in [-0.4, -0.2) is 56.2 Å². The summed E-state index contributed by atoms with van der Waals surface area (Å²) in [4.78, 5) is 30.6. The lowest BCUT2D eigenvalue weighted by molar-refractivity contribution is -0.135. The number of hydrogen-bond donors (Lipinski definition) is 0. The molecule has 1 amide bonds. The van der Waals surface area contributed by atoms with E-state index in [0.717, 1.165) is 18.4 Å². The molecule has 1 fully saturated rings. The summed E-state index contributed by atoms with van der Waals surface area (Å²) in [5.41, 5.74) is 1.13. The van der Waals surface area contributed by atoms with Crippen molar-refractivity contribution in [2.75, 3.05) is 34.5 Å². The fourth-order valence-electron chi connectivity index (χ4n) is 3.40. The maximum absolute atomic E-state index is 12.8. The zero-order valence-corrected chi connectivity index (χ0v) is 16.7. The summed E-state index contributed by atoms with van der Waals surface area (Å²) in [7, 11) is 4.68. The molecule has 154 valence electrons. The van der Waals surface area contributed by atoms with E-state index < -0.39 is 5.97 Å². The van der Waals surface area contributed by atoms with Crippen LogP contribution >= 0.6 is 0 Å². The minimum Gasteiger partial charge on any atom is -0.497 e. The Labute approximate surface area is 169 Å². The molecule has 1 atom stereocenters. The molecule has 0 spiro atoms. The number of pyridine rings is 1. The zero-order chi connectivity index (χ0) is 20.8. The van der Waals surface area contributed by atoms with Gasteiger partial charge < -0.3 is 23.8 Å². The van der Waals surface area contributed by atoms with Crippen LogP contribution in [0.2, 0.25) is 0 Å². The first-order chi connectivity index (χ1) is 14.1. The summed E-state index contributed by atoms with van der Waals surface area (Å²) in [6.45, 7) is 0.249. The Morgan fingerprint density at radius 1 is 1.10 bits per heavy atom. The fourth-order valence-corrected chi connectivity index (χ4v) is 3.40. The van der Waals surface area contributed by atoms with E-state index in [9.17, 15) is 9.59 Å². The number of rotatable bonds is 7. The molecule has 8 heteroatoms. The van der Waals surface area contributed by atoms with Gasteiger partial charge in [0.25, 0.3) is 5.91 Å². The lowest BCUT2D eigenvalue weighted by Gasteiger charge is -2.26. The van der Waals surface area contributed by atoms with Gasteiger partial charge in [0, 0.05) is 24.4 Å². The largest absolute Gasteiger partial charge is 0.497 e. The van der Waals surface area contributed by atoms with Crippen molar-refractivity contribution in [2.24, 2.45) is 0 Å². The van der Waals surface area contributed by atoms with Crippen LogP contribution in [-0.2, 0) is 9.53 Å². The number of likely N-dealkylation sites (tertiary alicyclic amines) is 1. The van der Waals surface area contributed by atoms with Gasteiger partial charge in [-0.05, 0) is 37.1 Å². The molecule has 0 aliphatic carbocycles. The number of benzene rings is 1. The highest BCUT2D eigenvalue weighted by atomic mass is 16.5. The van der Waals surface area contributed by atoms with Crippen LogP contribution in [0.5, 0.6) is 17.4 Å². The number of aromatic nitrogens is 1. The summed E-state index contributed by atoms with van der Waals surface area (Å²) in [5.74, 6) is 0.913. The number of methoxy groups -OCH3 is 3. The number of carbonyl (C=O) groups excluding carboxylic acids is 2. The van der Waals surface area contributed by atoms with Gasteiger partial charge >= 0.3 is 5.97 Å². The molecule has 0 saturated carbocycles. The summed E-state index contributed by atoms with van der Waals surface area (Å²) in [6, 6.07) is 8.46. The third-order valence-corrected chi connectivity index (χ3v) is 4.88. The van der Waals surface area contributed by atoms with E-state index in [4.69, 9.17) is 18.9 Å². The van der Waals surface area contributed by atoms with Gasteiger partial charge in [-0.3, -0.25) is 4.79 Å². The highest BCUT2D eigenvalue weighted by Gasteiger charge is 2.32. The number of esters is 1. The third-order valence-electron chi connectivity index (χ3n) is 4.88. The second-order valence-electron chi connectivity index (χ2n) is 6.52. The van der Waals surface area contributed by atoms with Gasteiger partial charge in [-0.15, -0.1) is 0 Å². The number of ether oxygens (including phenoxy) is 4. The molecule has 2 aromatic rings. The quantitative estimate of drug-likeness (QED) is 0.660. The summed E-state index contributed by atoms with van der Waals surface area (Å²) in [5, 5.41) is 0. The highest BCUT2D eigenvalue weighted by molar-refractivity contribution is 5.91. The van der Waals surface area contributed by atoms with E-state index >= 15 is 0 Å². The standard InChI is InChI=1S/C21H24N2O6/c1-26-15-7-8-18(27-2)16(11-15)17-5-4-10-23(17)20(24)13-29-21(25)14-6-9-19(28-3)22-12-14/h6-9,11-12,17H,4-5,10,13H2,1-3H3. The second-order valence-corrected chi connectivity index (χ2v) is 6.52. The molecule has 0 bridgehead atoms. The number of hydrogen-bond acceptors (Lipinski definition) is 7. The van der Waals surface area contributed by atoms with Crippen molar-refractivity contribution in [3.8, 4) is 17.4 Å². The normalized spacial score (nSPS) is 15.7.